The summed E-state index contributed by atoms with van der Waals surface area (Å²) in [6.07, 6.45) is 6.66. The highest BCUT2D eigenvalue weighted by Crippen LogP contribution is 2.24. The molecule has 4 nitrogen and oxygen atoms in total. The van der Waals surface area contributed by atoms with Gasteiger partial charge in [0.25, 0.3) is 0 Å². The number of anilines is 1. The van der Waals surface area contributed by atoms with Gasteiger partial charge in [0.05, 0.1) is 11.7 Å². The number of nitrogens with one attached hydrogen (secondary N) is 1. The molecule has 0 fully saturated rings. The Labute approximate surface area is 122 Å². The molecule has 102 valence electrons. The summed E-state index contributed by atoms with van der Waals surface area (Å²) in [5.41, 5.74) is 3.21. The van der Waals surface area contributed by atoms with Crippen molar-refractivity contribution in [2.45, 2.75) is 6.42 Å². The Kier molecular flexibility index (Phi) is 3.56. The van der Waals surface area contributed by atoms with Gasteiger partial charge in [-0.3, -0.25) is 9.67 Å². The molecule has 0 spiro atoms. The van der Waals surface area contributed by atoms with Crippen molar-refractivity contribution in [3.63, 3.8) is 0 Å². The standard InChI is InChI=1S/C15H15ClN4/c1-20-10-11(9-19-20)4-6-17-14-5-7-18-15-8-12(16)2-3-13(14)15/h2-3,5,7-10H,4,6H2,1H3,(H,17,18). The molecule has 0 amide bonds. The molecule has 1 aromatic carbocycles. The zero-order chi connectivity index (χ0) is 13.9. The molecular formula is C15H15ClN4. The lowest BCUT2D eigenvalue weighted by molar-refractivity contribution is 0.767. The van der Waals surface area contributed by atoms with E-state index in [0.717, 1.165) is 29.6 Å². The molecule has 0 radical (unpaired) electrons. The van der Waals surface area contributed by atoms with Crippen LogP contribution in [0.15, 0.2) is 42.9 Å². The number of benzene rings is 1. The Bertz CT molecular complexity index is 736. The molecule has 0 aliphatic rings. The first-order valence-corrected chi connectivity index (χ1v) is 6.86. The van der Waals surface area contributed by atoms with Crippen molar-refractivity contribution < 1.29 is 0 Å². The first kappa shape index (κ1) is 12.9. The van der Waals surface area contributed by atoms with Gasteiger partial charge in [0.15, 0.2) is 0 Å². The Morgan fingerprint density at radius 3 is 3.00 bits per heavy atom. The molecule has 5 heteroatoms. The van der Waals surface area contributed by atoms with Crippen LogP contribution in [0.4, 0.5) is 5.69 Å². The predicted molar refractivity (Wildman–Crippen MR) is 82.2 cm³/mol. The van der Waals surface area contributed by atoms with E-state index in [2.05, 4.69) is 15.4 Å². The van der Waals surface area contributed by atoms with E-state index in [-0.39, 0.29) is 0 Å². The molecule has 3 aromatic rings. The minimum absolute atomic E-state index is 0.706. The third-order valence-electron chi connectivity index (χ3n) is 3.19. The molecule has 0 saturated carbocycles. The summed E-state index contributed by atoms with van der Waals surface area (Å²) in [6, 6.07) is 7.75. The molecular weight excluding hydrogens is 272 g/mol. The van der Waals surface area contributed by atoms with E-state index in [1.54, 1.807) is 6.20 Å². The number of nitrogens with zero attached hydrogens (tertiary/aromatic N) is 3. The van der Waals surface area contributed by atoms with Gasteiger partial charge < -0.3 is 5.32 Å². The highest BCUT2D eigenvalue weighted by Gasteiger charge is 2.03. The van der Waals surface area contributed by atoms with Crippen LogP contribution in [0.2, 0.25) is 5.02 Å². The molecule has 20 heavy (non-hydrogen) atoms. The first-order valence-electron chi connectivity index (χ1n) is 6.48. The van der Waals surface area contributed by atoms with Gasteiger partial charge in [0, 0.05) is 42.1 Å². The smallest absolute Gasteiger partial charge is 0.0737 e. The van der Waals surface area contributed by atoms with Gasteiger partial charge in [-0.25, -0.2) is 0 Å². The minimum Gasteiger partial charge on any atom is -0.384 e. The van der Waals surface area contributed by atoms with Gasteiger partial charge in [-0.1, -0.05) is 11.6 Å². The predicted octanol–water partition coefficient (Wildman–Crippen LogP) is 3.28. The molecule has 0 aliphatic heterocycles. The fourth-order valence-corrected chi connectivity index (χ4v) is 2.38. The van der Waals surface area contributed by atoms with E-state index in [1.165, 1.54) is 5.56 Å². The maximum absolute atomic E-state index is 5.99. The van der Waals surface area contributed by atoms with Crippen LogP contribution in [-0.2, 0) is 13.5 Å². The van der Waals surface area contributed by atoms with Gasteiger partial charge in [0.2, 0.25) is 0 Å². The number of fused-ring (bicyclic) bond motifs is 1. The summed E-state index contributed by atoms with van der Waals surface area (Å²) in [6.45, 7) is 0.855. The van der Waals surface area contributed by atoms with E-state index in [0.29, 0.717) is 5.02 Å². The second-order valence-corrected chi connectivity index (χ2v) is 5.16. The summed E-state index contributed by atoms with van der Waals surface area (Å²) < 4.78 is 1.82. The summed E-state index contributed by atoms with van der Waals surface area (Å²) in [5.74, 6) is 0. The molecule has 3 rings (SSSR count). The van der Waals surface area contributed by atoms with E-state index in [9.17, 15) is 0 Å². The van der Waals surface area contributed by atoms with Gasteiger partial charge in [0.1, 0.15) is 0 Å². The van der Waals surface area contributed by atoms with E-state index in [1.807, 2.05) is 48.4 Å². The van der Waals surface area contributed by atoms with Crippen LogP contribution < -0.4 is 5.32 Å². The van der Waals surface area contributed by atoms with Crippen LogP contribution in [0, 0.1) is 0 Å². The summed E-state index contributed by atoms with van der Waals surface area (Å²) in [5, 5.41) is 9.40. The largest absolute Gasteiger partial charge is 0.384 e. The minimum atomic E-state index is 0.706. The summed E-state index contributed by atoms with van der Waals surface area (Å²) in [4.78, 5) is 4.33. The molecule has 1 N–H and O–H groups in total. The number of hydrogen-bond donors (Lipinski definition) is 1. The fraction of sp³-hybridized carbons (Fsp3) is 0.200. The Hall–Kier alpha value is -2.07. The molecule has 0 unspecified atom stereocenters. The van der Waals surface area contributed by atoms with Gasteiger partial charge >= 0.3 is 0 Å². The zero-order valence-electron chi connectivity index (χ0n) is 11.2. The molecule has 0 bridgehead atoms. The normalized spacial score (nSPS) is 10.9. The highest BCUT2D eigenvalue weighted by atomic mass is 35.5. The van der Waals surface area contributed by atoms with E-state index >= 15 is 0 Å². The van der Waals surface area contributed by atoms with Crippen molar-refractivity contribution in [2.75, 3.05) is 11.9 Å². The lowest BCUT2D eigenvalue weighted by atomic mass is 10.2. The van der Waals surface area contributed by atoms with Crippen molar-refractivity contribution in [1.82, 2.24) is 14.8 Å². The molecule has 0 saturated heterocycles. The highest BCUT2D eigenvalue weighted by molar-refractivity contribution is 6.31. The number of rotatable bonds is 4. The van der Waals surface area contributed by atoms with Gasteiger partial charge in [-0.05, 0) is 36.2 Å². The van der Waals surface area contributed by atoms with Crippen molar-refractivity contribution >= 4 is 28.2 Å². The first-order chi connectivity index (χ1) is 9.72. The van der Waals surface area contributed by atoms with Crippen LogP contribution >= 0.6 is 11.6 Å². The van der Waals surface area contributed by atoms with Crippen LogP contribution in [0.5, 0.6) is 0 Å². The van der Waals surface area contributed by atoms with Crippen LogP contribution in [0.25, 0.3) is 10.9 Å². The average Bonchev–Trinajstić information content (AvgIpc) is 2.84. The number of hydrogen-bond acceptors (Lipinski definition) is 3. The molecule has 2 aromatic heterocycles. The van der Waals surface area contributed by atoms with Gasteiger partial charge in [-0.2, -0.15) is 5.10 Å². The van der Waals surface area contributed by atoms with E-state index < -0.39 is 0 Å². The van der Waals surface area contributed by atoms with Crippen LogP contribution in [0.1, 0.15) is 5.56 Å². The van der Waals surface area contributed by atoms with E-state index in [4.69, 9.17) is 11.6 Å². The van der Waals surface area contributed by atoms with Crippen molar-refractivity contribution in [3.05, 3.63) is 53.4 Å². The van der Waals surface area contributed by atoms with Crippen LogP contribution in [0.3, 0.4) is 0 Å². The second-order valence-electron chi connectivity index (χ2n) is 4.72. The van der Waals surface area contributed by atoms with Gasteiger partial charge in [-0.15, -0.1) is 0 Å². The molecule has 0 atom stereocenters. The lowest BCUT2D eigenvalue weighted by Gasteiger charge is -2.09. The number of halogens is 1. The summed E-state index contributed by atoms with van der Waals surface area (Å²) >= 11 is 5.99. The topological polar surface area (TPSA) is 42.7 Å². The zero-order valence-corrected chi connectivity index (χ0v) is 11.9. The Balaban J connectivity index is 1.74. The maximum atomic E-state index is 5.99. The number of aryl methyl sites for hydroxylation is 1. The monoisotopic (exact) mass is 286 g/mol. The number of pyridine rings is 1. The van der Waals surface area contributed by atoms with Crippen molar-refractivity contribution in [1.29, 1.82) is 0 Å². The summed E-state index contributed by atoms with van der Waals surface area (Å²) in [7, 11) is 1.93. The molecule has 0 aliphatic carbocycles. The Morgan fingerprint density at radius 1 is 1.30 bits per heavy atom. The maximum Gasteiger partial charge on any atom is 0.0737 e. The fourth-order valence-electron chi connectivity index (χ4n) is 2.22. The number of aromatic nitrogens is 3. The SMILES string of the molecule is Cn1cc(CCNc2ccnc3cc(Cl)ccc23)cn1. The van der Waals surface area contributed by atoms with Crippen LogP contribution in [-0.4, -0.2) is 21.3 Å². The second kappa shape index (κ2) is 5.51. The molecule has 2 heterocycles. The van der Waals surface area contributed by atoms with Crippen molar-refractivity contribution in [3.8, 4) is 0 Å². The Morgan fingerprint density at radius 2 is 2.20 bits per heavy atom. The lowest BCUT2D eigenvalue weighted by Crippen LogP contribution is -2.05. The third-order valence-corrected chi connectivity index (χ3v) is 3.43. The third kappa shape index (κ3) is 2.75. The van der Waals surface area contributed by atoms with Crippen molar-refractivity contribution in [2.24, 2.45) is 7.05 Å². The average molecular weight is 287 g/mol. The quantitative estimate of drug-likeness (QED) is 0.800.